The molecule has 3 heterocycles. The zero-order chi connectivity index (χ0) is 23.7. The van der Waals surface area contributed by atoms with E-state index in [2.05, 4.69) is 15.5 Å². The Morgan fingerprint density at radius 3 is 2.64 bits per heavy atom. The lowest BCUT2D eigenvalue weighted by atomic mass is 9.73. The van der Waals surface area contributed by atoms with Gasteiger partial charge in [-0.3, -0.25) is 19.4 Å². The van der Waals surface area contributed by atoms with Crippen molar-refractivity contribution in [3.05, 3.63) is 77.9 Å². The summed E-state index contributed by atoms with van der Waals surface area (Å²) < 4.78 is 10.1. The SMILES string of the molecule is COc1cccc(CC2(C(=O)NCc3cccnc3)CN(C(=O)c3ccon3)C2)c1.O=CO. The molecule has 2 aromatic heterocycles. The van der Waals surface area contributed by atoms with Crippen LogP contribution in [0.15, 0.2) is 65.6 Å². The number of likely N-dealkylation sites (tertiary alicyclic amines) is 1. The molecule has 0 spiro atoms. The predicted molar refractivity (Wildman–Crippen MR) is 116 cm³/mol. The first-order valence-electron chi connectivity index (χ1n) is 10.1. The number of ether oxygens (including phenoxy) is 1. The van der Waals surface area contributed by atoms with E-state index in [-0.39, 0.29) is 24.0 Å². The Hall–Kier alpha value is -4.21. The van der Waals surface area contributed by atoms with Crippen molar-refractivity contribution in [3.8, 4) is 5.75 Å². The standard InChI is InChI=1S/C22H22N4O4.CH2O2/c1-29-18-6-2-4-16(10-18)11-22(21(28)24-13-17-5-3-8-23-12-17)14-26(15-22)20(27)19-7-9-30-25-19;2-1-3/h2-10,12H,11,13-15H2,1H3,(H,24,28);1H,(H,2,3). The molecule has 0 bridgehead atoms. The number of carbonyl (C=O) groups is 3. The minimum absolute atomic E-state index is 0.0987. The highest BCUT2D eigenvalue weighted by Gasteiger charge is 2.51. The molecule has 172 valence electrons. The highest BCUT2D eigenvalue weighted by molar-refractivity contribution is 5.95. The summed E-state index contributed by atoms with van der Waals surface area (Å²) in [5, 5.41) is 13.6. The first-order chi connectivity index (χ1) is 16.0. The van der Waals surface area contributed by atoms with Gasteiger partial charge < -0.3 is 24.6 Å². The molecule has 10 heteroatoms. The second-order valence-electron chi connectivity index (χ2n) is 7.50. The molecule has 1 aliphatic rings. The Morgan fingerprint density at radius 2 is 2.00 bits per heavy atom. The number of hydrogen-bond acceptors (Lipinski definition) is 7. The molecule has 3 aromatic rings. The van der Waals surface area contributed by atoms with Crippen molar-refractivity contribution in [3.63, 3.8) is 0 Å². The van der Waals surface area contributed by atoms with Gasteiger partial charge in [0, 0.05) is 38.1 Å². The number of nitrogens with zero attached hydrogens (tertiary/aromatic N) is 3. The quantitative estimate of drug-likeness (QED) is 0.518. The van der Waals surface area contributed by atoms with Crippen LogP contribution < -0.4 is 10.1 Å². The van der Waals surface area contributed by atoms with E-state index in [1.165, 1.54) is 12.3 Å². The third-order valence-corrected chi connectivity index (χ3v) is 5.27. The summed E-state index contributed by atoms with van der Waals surface area (Å²) in [6.45, 7) is 0.729. The molecule has 10 nitrogen and oxygen atoms in total. The van der Waals surface area contributed by atoms with Crippen LogP contribution in [0.2, 0.25) is 0 Å². The van der Waals surface area contributed by atoms with E-state index in [1.54, 1.807) is 24.4 Å². The lowest BCUT2D eigenvalue weighted by Gasteiger charge is -2.48. The fraction of sp³-hybridized carbons (Fsp3) is 0.261. The normalized spacial score (nSPS) is 13.7. The van der Waals surface area contributed by atoms with Gasteiger partial charge in [-0.1, -0.05) is 23.4 Å². The van der Waals surface area contributed by atoms with Gasteiger partial charge in [0.05, 0.1) is 12.5 Å². The minimum Gasteiger partial charge on any atom is -0.497 e. The average Bonchev–Trinajstić information content (AvgIpc) is 3.35. The zero-order valence-corrected chi connectivity index (χ0v) is 18.0. The first kappa shape index (κ1) is 23.5. The van der Waals surface area contributed by atoms with Crippen molar-refractivity contribution in [1.82, 2.24) is 20.4 Å². The summed E-state index contributed by atoms with van der Waals surface area (Å²) in [5.74, 6) is 0.386. The van der Waals surface area contributed by atoms with E-state index < -0.39 is 5.41 Å². The Morgan fingerprint density at radius 1 is 1.24 bits per heavy atom. The molecule has 0 radical (unpaired) electrons. The number of carbonyl (C=O) groups excluding carboxylic acids is 2. The van der Waals surface area contributed by atoms with E-state index in [9.17, 15) is 9.59 Å². The summed E-state index contributed by atoms with van der Waals surface area (Å²) in [6.07, 6.45) is 5.26. The van der Waals surface area contributed by atoms with Gasteiger partial charge in [-0.15, -0.1) is 0 Å². The topological polar surface area (TPSA) is 135 Å². The highest BCUT2D eigenvalue weighted by Crippen LogP contribution is 2.36. The molecular weight excluding hydrogens is 428 g/mol. The molecule has 0 atom stereocenters. The predicted octanol–water partition coefficient (Wildman–Crippen LogP) is 1.78. The molecule has 33 heavy (non-hydrogen) atoms. The van der Waals surface area contributed by atoms with Crippen molar-refractivity contribution < 1.29 is 28.8 Å². The molecule has 4 rings (SSSR count). The lowest BCUT2D eigenvalue weighted by Crippen LogP contribution is -2.65. The van der Waals surface area contributed by atoms with Gasteiger partial charge in [-0.25, -0.2) is 0 Å². The van der Waals surface area contributed by atoms with Crippen molar-refractivity contribution in [2.45, 2.75) is 13.0 Å². The Labute approximate surface area is 190 Å². The summed E-state index contributed by atoms with van der Waals surface area (Å²) in [6, 6.07) is 12.9. The molecular formula is C23H24N4O6. The smallest absolute Gasteiger partial charge is 0.290 e. The third-order valence-electron chi connectivity index (χ3n) is 5.27. The van der Waals surface area contributed by atoms with Crippen molar-refractivity contribution in [2.24, 2.45) is 5.41 Å². The van der Waals surface area contributed by atoms with Crippen molar-refractivity contribution >= 4 is 18.3 Å². The van der Waals surface area contributed by atoms with E-state index >= 15 is 0 Å². The van der Waals surface area contributed by atoms with Crippen LogP contribution in [0.5, 0.6) is 5.75 Å². The lowest BCUT2D eigenvalue weighted by molar-refractivity contribution is -0.139. The maximum Gasteiger partial charge on any atom is 0.290 e. The van der Waals surface area contributed by atoms with E-state index in [0.29, 0.717) is 26.1 Å². The van der Waals surface area contributed by atoms with Crippen LogP contribution in [-0.4, -0.2) is 58.6 Å². The molecule has 1 aliphatic heterocycles. The fourth-order valence-electron chi connectivity index (χ4n) is 3.69. The van der Waals surface area contributed by atoms with Crippen LogP contribution in [0, 0.1) is 5.41 Å². The maximum absolute atomic E-state index is 13.2. The largest absolute Gasteiger partial charge is 0.497 e. The molecule has 2 N–H and O–H groups in total. The zero-order valence-electron chi connectivity index (χ0n) is 18.0. The number of pyridine rings is 1. The van der Waals surface area contributed by atoms with Crippen LogP contribution in [0.4, 0.5) is 0 Å². The summed E-state index contributed by atoms with van der Waals surface area (Å²) >= 11 is 0. The van der Waals surface area contributed by atoms with Gasteiger partial charge in [0.2, 0.25) is 5.91 Å². The molecule has 1 saturated heterocycles. The second-order valence-corrected chi connectivity index (χ2v) is 7.50. The van der Waals surface area contributed by atoms with Gasteiger partial charge in [0.15, 0.2) is 5.69 Å². The molecule has 0 saturated carbocycles. The Bertz CT molecular complexity index is 1070. The van der Waals surface area contributed by atoms with E-state index in [4.69, 9.17) is 19.2 Å². The number of carboxylic acid groups (broad SMARTS) is 1. The Kier molecular flexibility index (Phi) is 7.74. The van der Waals surface area contributed by atoms with Crippen LogP contribution in [-0.2, 0) is 22.6 Å². The van der Waals surface area contributed by atoms with Gasteiger partial charge in [-0.2, -0.15) is 0 Å². The van der Waals surface area contributed by atoms with Crippen LogP contribution in [0.1, 0.15) is 21.6 Å². The molecule has 1 fully saturated rings. The van der Waals surface area contributed by atoms with Gasteiger partial charge in [-0.05, 0) is 35.7 Å². The minimum atomic E-state index is -0.728. The fourth-order valence-corrected chi connectivity index (χ4v) is 3.69. The number of hydrogen-bond donors (Lipinski definition) is 2. The van der Waals surface area contributed by atoms with Crippen molar-refractivity contribution in [1.29, 1.82) is 0 Å². The second kappa shape index (κ2) is 10.9. The van der Waals surface area contributed by atoms with Crippen LogP contribution in [0.3, 0.4) is 0 Å². The molecule has 1 aromatic carbocycles. The van der Waals surface area contributed by atoms with E-state index in [0.717, 1.165) is 16.9 Å². The number of amides is 2. The van der Waals surface area contributed by atoms with Gasteiger partial charge in [0.1, 0.15) is 12.0 Å². The number of methoxy groups -OCH3 is 1. The maximum atomic E-state index is 13.2. The number of benzene rings is 1. The van der Waals surface area contributed by atoms with Crippen LogP contribution >= 0.6 is 0 Å². The molecule has 2 amide bonds. The summed E-state index contributed by atoms with van der Waals surface area (Å²) in [4.78, 5) is 39.8. The van der Waals surface area contributed by atoms with E-state index in [1.807, 2.05) is 36.4 Å². The third kappa shape index (κ3) is 5.73. The average molecular weight is 452 g/mol. The Balaban J connectivity index is 0.000000968. The number of nitrogens with one attached hydrogen (secondary N) is 1. The van der Waals surface area contributed by atoms with Crippen molar-refractivity contribution in [2.75, 3.05) is 20.2 Å². The molecule has 0 unspecified atom stereocenters. The van der Waals surface area contributed by atoms with Gasteiger partial charge in [0.25, 0.3) is 12.4 Å². The van der Waals surface area contributed by atoms with Gasteiger partial charge >= 0.3 is 0 Å². The van der Waals surface area contributed by atoms with Crippen LogP contribution in [0.25, 0.3) is 0 Å². The number of rotatable bonds is 7. The molecule has 0 aliphatic carbocycles. The summed E-state index contributed by atoms with van der Waals surface area (Å²) in [5.41, 5.74) is 1.39. The summed E-state index contributed by atoms with van der Waals surface area (Å²) in [7, 11) is 1.61. The first-order valence-corrected chi connectivity index (χ1v) is 10.1. The number of aromatic nitrogens is 2. The highest BCUT2D eigenvalue weighted by atomic mass is 16.5. The monoisotopic (exact) mass is 452 g/mol.